The molecule has 1 rings (SSSR count). The summed E-state index contributed by atoms with van der Waals surface area (Å²) < 4.78 is 5.24. The molecule has 0 N–H and O–H groups in total. The number of hydrogen-bond acceptors (Lipinski definition) is 2. The highest BCUT2D eigenvalue weighted by atomic mass is 16.5. The molecule has 0 saturated carbocycles. The second-order valence-corrected chi connectivity index (χ2v) is 3.29. The largest absolute Gasteiger partial charge is 0.458 e. The summed E-state index contributed by atoms with van der Waals surface area (Å²) in [4.78, 5) is 11.3. The van der Waals surface area contributed by atoms with Crippen molar-refractivity contribution >= 4 is 5.97 Å². The van der Waals surface area contributed by atoms with Crippen LogP contribution in [0.2, 0.25) is 0 Å². The minimum absolute atomic E-state index is 0.0407. The second kappa shape index (κ2) is 4.29. The van der Waals surface area contributed by atoms with Gasteiger partial charge in [-0.2, -0.15) is 0 Å². The van der Waals surface area contributed by atoms with Crippen molar-refractivity contribution in [3.8, 4) is 0 Å². The van der Waals surface area contributed by atoms with Crippen LogP contribution < -0.4 is 0 Å². The Morgan fingerprint density at radius 2 is 2.50 bits per heavy atom. The minimum Gasteiger partial charge on any atom is -0.458 e. The van der Waals surface area contributed by atoms with Gasteiger partial charge in [0.25, 0.3) is 0 Å². The van der Waals surface area contributed by atoms with Crippen molar-refractivity contribution in [2.75, 3.05) is 0 Å². The van der Waals surface area contributed by atoms with E-state index in [9.17, 15) is 4.79 Å². The molecule has 0 heterocycles. The number of ether oxygens (including phenoxy) is 1. The van der Waals surface area contributed by atoms with Gasteiger partial charge < -0.3 is 4.74 Å². The van der Waals surface area contributed by atoms with E-state index in [4.69, 9.17) is 4.74 Å². The van der Waals surface area contributed by atoms with Crippen LogP contribution in [0.1, 0.15) is 33.1 Å². The third kappa shape index (κ3) is 2.36. The Bertz CT molecular complexity index is 184. The lowest BCUT2D eigenvalue weighted by atomic mass is 10.1. The minimum atomic E-state index is -0.0611. The average molecular weight is 168 g/mol. The van der Waals surface area contributed by atoms with Gasteiger partial charge in [0.15, 0.2) is 0 Å². The van der Waals surface area contributed by atoms with E-state index >= 15 is 0 Å². The van der Waals surface area contributed by atoms with Crippen molar-refractivity contribution in [3.63, 3.8) is 0 Å². The molecule has 1 aliphatic carbocycles. The van der Waals surface area contributed by atoms with Gasteiger partial charge in [0.05, 0.1) is 5.92 Å². The van der Waals surface area contributed by atoms with Crippen LogP contribution in [-0.2, 0) is 9.53 Å². The SMILES string of the molecule is CCC(C)C(=O)OC1C=CCC1. The van der Waals surface area contributed by atoms with Crippen LogP contribution in [0.3, 0.4) is 0 Å². The molecule has 68 valence electrons. The summed E-state index contributed by atoms with van der Waals surface area (Å²) in [6.07, 6.45) is 6.94. The van der Waals surface area contributed by atoms with Gasteiger partial charge in [-0.1, -0.05) is 19.9 Å². The Morgan fingerprint density at radius 3 is 3.00 bits per heavy atom. The highest BCUT2D eigenvalue weighted by Crippen LogP contribution is 2.15. The van der Waals surface area contributed by atoms with Crippen LogP contribution >= 0.6 is 0 Å². The van der Waals surface area contributed by atoms with E-state index < -0.39 is 0 Å². The topological polar surface area (TPSA) is 26.3 Å². The van der Waals surface area contributed by atoms with Crippen molar-refractivity contribution in [1.29, 1.82) is 0 Å². The predicted molar refractivity (Wildman–Crippen MR) is 47.7 cm³/mol. The molecule has 1 aliphatic rings. The monoisotopic (exact) mass is 168 g/mol. The maximum atomic E-state index is 11.3. The summed E-state index contributed by atoms with van der Waals surface area (Å²) in [6.45, 7) is 3.90. The van der Waals surface area contributed by atoms with Crippen LogP contribution in [-0.4, -0.2) is 12.1 Å². The first-order chi connectivity index (χ1) is 5.74. The van der Waals surface area contributed by atoms with Crippen molar-refractivity contribution < 1.29 is 9.53 Å². The van der Waals surface area contributed by atoms with Crippen LogP contribution in [0.4, 0.5) is 0 Å². The second-order valence-electron chi connectivity index (χ2n) is 3.29. The Hall–Kier alpha value is -0.790. The molecule has 0 aromatic carbocycles. The quantitative estimate of drug-likeness (QED) is 0.477. The zero-order chi connectivity index (χ0) is 8.97. The molecule has 0 aromatic heterocycles. The van der Waals surface area contributed by atoms with Crippen molar-refractivity contribution in [2.45, 2.75) is 39.2 Å². The molecule has 2 unspecified atom stereocenters. The first-order valence-electron chi connectivity index (χ1n) is 4.61. The summed E-state index contributed by atoms with van der Waals surface area (Å²) in [5, 5.41) is 0. The third-order valence-electron chi connectivity index (χ3n) is 2.25. The van der Waals surface area contributed by atoms with E-state index in [2.05, 4.69) is 6.08 Å². The molecular weight excluding hydrogens is 152 g/mol. The molecule has 0 saturated heterocycles. The number of allylic oxidation sites excluding steroid dienone is 1. The van der Waals surface area contributed by atoms with E-state index in [1.54, 1.807) is 0 Å². The smallest absolute Gasteiger partial charge is 0.309 e. The lowest BCUT2D eigenvalue weighted by Gasteiger charge is -2.13. The fraction of sp³-hybridized carbons (Fsp3) is 0.700. The van der Waals surface area contributed by atoms with Gasteiger partial charge in [0.1, 0.15) is 6.10 Å². The molecule has 0 fully saturated rings. The Morgan fingerprint density at radius 1 is 1.75 bits per heavy atom. The third-order valence-corrected chi connectivity index (χ3v) is 2.25. The van der Waals surface area contributed by atoms with E-state index in [1.165, 1.54) is 0 Å². The molecule has 0 aliphatic heterocycles. The normalized spacial score (nSPS) is 24.0. The first kappa shape index (κ1) is 9.30. The molecule has 0 aromatic rings. The summed E-state index contributed by atoms with van der Waals surface area (Å²) in [7, 11) is 0. The number of hydrogen-bond donors (Lipinski definition) is 0. The Kier molecular flexibility index (Phi) is 3.32. The van der Waals surface area contributed by atoms with Crippen LogP contribution in [0.5, 0.6) is 0 Å². The van der Waals surface area contributed by atoms with E-state index in [0.717, 1.165) is 19.3 Å². The van der Waals surface area contributed by atoms with Gasteiger partial charge in [0, 0.05) is 0 Å². The standard InChI is InChI=1S/C10H16O2/c1-3-8(2)10(11)12-9-6-4-5-7-9/h4,6,8-9H,3,5,7H2,1-2H3. The van der Waals surface area contributed by atoms with Gasteiger partial charge in [0.2, 0.25) is 0 Å². The zero-order valence-corrected chi connectivity index (χ0v) is 7.75. The number of carbonyl (C=O) groups excluding carboxylic acids is 1. The molecular formula is C10H16O2. The van der Waals surface area contributed by atoms with Gasteiger partial charge in [-0.25, -0.2) is 0 Å². The molecule has 2 heteroatoms. The molecule has 2 nitrogen and oxygen atoms in total. The molecule has 12 heavy (non-hydrogen) atoms. The number of carbonyl (C=O) groups is 1. The Balaban J connectivity index is 2.30. The van der Waals surface area contributed by atoms with Crippen molar-refractivity contribution in [2.24, 2.45) is 5.92 Å². The fourth-order valence-electron chi connectivity index (χ4n) is 1.13. The maximum absolute atomic E-state index is 11.3. The molecule has 0 radical (unpaired) electrons. The fourth-order valence-corrected chi connectivity index (χ4v) is 1.13. The molecule has 2 atom stereocenters. The molecule has 0 bridgehead atoms. The van der Waals surface area contributed by atoms with Crippen LogP contribution in [0.15, 0.2) is 12.2 Å². The highest BCUT2D eigenvalue weighted by molar-refractivity contribution is 5.72. The van der Waals surface area contributed by atoms with Crippen molar-refractivity contribution in [1.82, 2.24) is 0 Å². The van der Waals surface area contributed by atoms with E-state index in [-0.39, 0.29) is 18.0 Å². The maximum Gasteiger partial charge on any atom is 0.309 e. The first-order valence-corrected chi connectivity index (χ1v) is 4.61. The zero-order valence-electron chi connectivity index (χ0n) is 7.75. The summed E-state index contributed by atoms with van der Waals surface area (Å²) in [6, 6.07) is 0. The van der Waals surface area contributed by atoms with Gasteiger partial charge in [-0.3, -0.25) is 4.79 Å². The predicted octanol–water partition coefficient (Wildman–Crippen LogP) is 2.29. The highest BCUT2D eigenvalue weighted by Gasteiger charge is 2.18. The lowest BCUT2D eigenvalue weighted by Crippen LogP contribution is -2.19. The van der Waals surface area contributed by atoms with Crippen LogP contribution in [0, 0.1) is 5.92 Å². The van der Waals surface area contributed by atoms with E-state index in [1.807, 2.05) is 19.9 Å². The summed E-state index contributed by atoms with van der Waals surface area (Å²) in [5.74, 6) is -0.0203. The Labute approximate surface area is 73.6 Å². The van der Waals surface area contributed by atoms with Gasteiger partial charge in [-0.15, -0.1) is 0 Å². The molecule has 0 spiro atoms. The average Bonchev–Trinajstić information content (AvgIpc) is 2.55. The molecule has 0 amide bonds. The number of rotatable bonds is 3. The summed E-state index contributed by atoms with van der Waals surface area (Å²) in [5.41, 5.74) is 0. The summed E-state index contributed by atoms with van der Waals surface area (Å²) >= 11 is 0. The lowest BCUT2D eigenvalue weighted by molar-refractivity contribution is -0.151. The van der Waals surface area contributed by atoms with Gasteiger partial charge >= 0.3 is 5.97 Å². The van der Waals surface area contributed by atoms with E-state index in [0.29, 0.717) is 0 Å². The van der Waals surface area contributed by atoms with Crippen LogP contribution in [0.25, 0.3) is 0 Å². The van der Waals surface area contributed by atoms with Gasteiger partial charge in [-0.05, 0) is 25.3 Å². The van der Waals surface area contributed by atoms with Crippen molar-refractivity contribution in [3.05, 3.63) is 12.2 Å². The number of esters is 1.